The molecule has 5 nitrogen and oxygen atoms in total. The molecule has 1 N–H and O–H groups in total. The Bertz CT molecular complexity index is 687. The van der Waals surface area contributed by atoms with Crippen LogP contribution in [0, 0.1) is 5.41 Å². The Kier molecular flexibility index (Phi) is 4.71. The summed E-state index contributed by atoms with van der Waals surface area (Å²) in [4.78, 5) is 18.6. The molecule has 1 unspecified atom stereocenters. The fourth-order valence-electron chi connectivity index (χ4n) is 3.16. The molecular formula is C19H26N4O. The number of hydrogen-bond acceptors (Lipinski definition) is 3. The SMILES string of the molecule is CC(C)(C)CN1CC(NCc2cccn2-c2ccccn2)CC1=O. The van der Waals surface area contributed by atoms with Crippen LogP contribution in [0.15, 0.2) is 42.7 Å². The highest BCUT2D eigenvalue weighted by Gasteiger charge is 2.31. The van der Waals surface area contributed by atoms with Crippen molar-refractivity contribution in [3.05, 3.63) is 48.4 Å². The molecule has 0 aromatic carbocycles. The average molecular weight is 326 g/mol. The summed E-state index contributed by atoms with van der Waals surface area (Å²) >= 11 is 0. The van der Waals surface area contributed by atoms with Crippen LogP contribution in [0.5, 0.6) is 0 Å². The first-order chi connectivity index (χ1) is 11.4. The number of hydrogen-bond donors (Lipinski definition) is 1. The van der Waals surface area contributed by atoms with E-state index in [4.69, 9.17) is 0 Å². The summed E-state index contributed by atoms with van der Waals surface area (Å²) in [6.07, 6.45) is 4.40. The Hall–Kier alpha value is -2.14. The van der Waals surface area contributed by atoms with Crippen molar-refractivity contribution in [2.24, 2.45) is 5.41 Å². The topological polar surface area (TPSA) is 50.2 Å². The van der Waals surface area contributed by atoms with Crippen LogP contribution in [0.25, 0.3) is 5.82 Å². The van der Waals surface area contributed by atoms with Gasteiger partial charge in [0.05, 0.1) is 0 Å². The summed E-state index contributed by atoms with van der Waals surface area (Å²) in [5.74, 6) is 1.17. The number of rotatable bonds is 5. The van der Waals surface area contributed by atoms with E-state index < -0.39 is 0 Å². The highest BCUT2D eigenvalue weighted by molar-refractivity contribution is 5.79. The van der Waals surface area contributed by atoms with Gasteiger partial charge in [-0.3, -0.25) is 4.79 Å². The van der Waals surface area contributed by atoms with Crippen molar-refractivity contribution in [1.29, 1.82) is 0 Å². The minimum atomic E-state index is 0.137. The number of carbonyl (C=O) groups excluding carboxylic acids is 1. The first kappa shape index (κ1) is 16.7. The van der Waals surface area contributed by atoms with Crippen LogP contribution in [0.2, 0.25) is 0 Å². The minimum Gasteiger partial charge on any atom is -0.341 e. The molecule has 0 bridgehead atoms. The molecule has 0 saturated carbocycles. The van der Waals surface area contributed by atoms with E-state index in [2.05, 4.69) is 41.7 Å². The number of likely N-dealkylation sites (tertiary alicyclic amines) is 1. The van der Waals surface area contributed by atoms with Gasteiger partial charge in [-0.1, -0.05) is 26.8 Å². The molecule has 1 atom stereocenters. The largest absolute Gasteiger partial charge is 0.341 e. The Morgan fingerprint density at radius 2 is 2.08 bits per heavy atom. The van der Waals surface area contributed by atoms with Gasteiger partial charge in [-0.05, 0) is 29.7 Å². The van der Waals surface area contributed by atoms with Crippen molar-refractivity contribution in [2.75, 3.05) is 13.1 Å². The van der Waals surface area contributed by atoms with E-state index in [1.807, 2.05) is 35.4 Å². The quantitative estimate of drug-likeness (QED) is 0.919. The second-order valence-corrected chi connectivity index (χ2v) is 7.67. The monoisotopic (exact) mass is 326 g/mol. The molecule has 1 amide bonds. The maximum absolute atomic E-state index is 12.2. The molecule has 0 aliphatic carbocycles. The zero-order valence-electron chi connectivity index (χ0n) is 14.7. The van der Waals surface area contributed by atoms with Crippen LogP contribution in [0.3, 0.4) is 0 Å². The number of aromatic nitrogens is 2. The standard InChI is InChI=1S/C19H26N4O/c1-19(2,3)14-22-13-15(11-18(22)24)21-12-16-7-6-10-23(16)17-8-4-5-9-20-17/h4-10,15,21H,11-14H2,1-3H3. The second kappa shape index (κ2) is 6.77. The molecule has 1 saturated heterocycles. The summed E-state index contributed by atoms with van der Waals surface area (Å²) in [6, 6.07) is 10.2. The lowest BCUT2D eigenvalue weighted by Gasteiger charge is -2.26. The molecular weight excluding hydrogens is 300 g/mol. The van der Waals surface area contributed by atoms with Crippen LogP contribution < -0.4 is 5.32 Å². The van der Waals surface area contributed by atoms with E-state index >= 15 is 0 Å². The van der Waals surface area contributed by atoms with Gasteiger partial charge in [-0.2, -0.15) is 0 Å². The van der Waals surface area contributed by atoms with Crippen LogP contribution in [-0.4, -0.2) is 39.5 Å². The summed E-state index contributed by atoms with van der Waals surface area (Å²) in [7, 11) is 0. The highest BCUT2D eigenvalue weighted by atomic mass is 16.2. The van der Waals surface area contributed by atoms with Gasteiger partial charge in [-0.15, -0.1) is 0 Å². The zero-order valence-corrected chi connectivity index (χ0v) is 14.7. The zero-order chi connectivity index (χ0) is 17.2. The van der Waals surface area contributed by atoms with E-state index in [0.717, 1.165) is 31.1 Å². The van der Waals surface area contributed by atoms with Crippen LogP contribution in [-0.2, 0) is 11.3 Å². The molecule has 2 aromatic heterocycles. The van der Waals surface area contributed by atoms with Crippen LogP contribution in [0.4, 0.5) is 0 Å². The van der Waals surface area contributed by atoms with E-state index in [1.54, 1.807) is 6.20 Å². The second-order valence-electron chi connectivity index (χ2n) is 7.67. The van der Waals surface area contributed by atoms with Gasteiger partial charge in [0.1, 0.15) is 5.82 Å². The smallest absolute Gasteiger partial charge is 0.224 e. The molecule has 0 spiro atoms. The van der Waals surface area contributed by atoms with Crippen molar-refractivity contribution >= 4 is 5.91 Å². The van der Waals surface area contributed by atoms with Crippen molar-refractivity contribution in [3.8, 4) is 5.82 Å². The molecule has 3 rings (SSSR count). The maximum atomic E-state index is 12.2. The maximum Gasteiger partial charge on any atom is 0.224 e. The lowest BCUT2D eigenvalue weighted by atomic mass is 9.96. The lowest BCUT2D eigenvalue weighted by molar-refractivity contribution is -0.128. The van der Waals surface area contributed by atoms with Gasteiger partial charge in [0.15, 0.2) is 0 Å². The number of nitrogens with zero attached hydrogens (tertiary/aromatic N) is 3. The number of nitrogens with one attached hydrogen (secondary N) is 1. The molecule has 1 aliphatic rings. The van der Waals surface area contributed by atoms with Gasteiger partial charge in [0.2, 0.25) is 5.91 Å². The fourth-order valence-corrected chi connectivity index (χ4v) is 3.16. The Balaban J connectivity index is 1.60. The summed E-state index contributed by atoms with van der Waals surface area (Å²) in [5.41, 5.74) is 1.29. The van der Waals surface area contributed by atoms with Crippen LogP contribution >= 0.6 is 0 Å². The van der Waals surface area contributed by atoms with E-state index in [1.165, 1.54) is 0 Å². The number of carbonyl (C=O) groups is 1. The molecule has 1 fully saturated rings. The molecule has 2 aromatic rings. The fraction of sp³-hybridized carbons (Fsp3) is 0.474. The molecule has 5 heteroatoms. The summed E-state index contributed by atoms with van der Waals surface area (Å²) < 4.78 is 2.08. The van der Waals surface area contributed by atoms with Gasteiger partial charge in [0.25, 0.3) is 0 Å². The first-order valence-corrected chi connectivity index (χ1v) is 8.51. The van der Waals surface area contributed by atoms with Crippen LogP contribution in [0.1, 0.15) is 32.9 Å². The van der Waals surface area contributed by atoms with Gasteiger partial charge >= 0.3 is 0 Å². The minimum absolute atomic E-state index is 0.137. The predicted molar refractivity (Wildman–Crippen MR) is 94.8 cm³/mol. The van der Waals surface area contributed by atoms with Gasteiger partial charge < -0.3 is 14.8 Å². The van der Waals surface area contributed by atoms with Crippen molar-refractivity contribution in [2.45, 2.75) is 39.8 Å². The number of amides is 1. The average Bonchev–Trinajstić information content (AvgIpc) is 3.12. The number of pyridine rings is 1. The Morgan fingerprint density at radius 3 is 2.79 bits per heavy atom. The molecule has 24 heavy (non-hydrogen) atoms. The molecule has 1 aliphatic heterocycles. The highest BCUT2D eigenvalue weighted by Crippen LogP contribution is 2.20. The Labute approximate surface area is 143 Å². The van der Waals surface area contributed by atoms with Crippen molar-refractivity contribution in [3.63, 3.8) is 0 Å². The normalized spacial score (nSPS) is 18.4. The third-order valence-corrected chi connectivity index (χ3v) is 4.18. The van der Waals surface area contributed by atoms with E-state index in [9.17, 15) is 4.79 Å². The molecule has 3 heterocycles. The van der Waals surface area contributed by atoms with E-state index in [-0.39, 0.29) is 17.4 Å². The van der Waals surface area contributed by atoms with Crippen molar-refractivity contribution < 1.29 is 4.79 Å². The summed E-state index contributed by atoms with van der Waals surface area (Å²) in [5, 5.41) is 3.53. The Morgan fingerprint density at radius 1 is 1.25 bits per heavy atom. The third-order valence-electron chi connectivity index (χ3n) is 4.18. The van der Waals surface area contributed by atoms with Gasteiger partial charge in [-0.25, -0.2) is 4.98 Å². The van der Waals surface area contributed by atoms with Crippen molar-refractivity contribution in [1.82, 2.24) is 19.8 Å². The predicted octanol–water partition coefficient (Wildman–Crippen LogP) is 2.61. The summed E-state index contributed by atoms with van der Waals surface area (Å²) in [6.45, 7) is 8.84. The molecule has 0 radical (unpaired) electrons. The first-order valence-electron chi connectivity index (χ1n) is 8.51. The van der Waals surface area contributed by atoms with Gasteiger partial charge in [0, 0.05) is 50.2 Å². The van der Waals surface area contributed by atoms with E-state index in [0.29, 0.717) is 6.42 Å². The lowest BCUT2D eigenvalue weighted by Crippen LogP contribution is -2.36. The molecule has 128 valence electrons. The third kappa shape index (κ3) is 4.03.